The number of ether oxygens (including phenoxy) is 1. The van der Waals surface area contributed by atoms with Crippen molar-refractivity contribution in [1.29, 1.82) is 0 Å². The predicted octanol–water partition coefficient (Wildman–Crippen LogP) is 4.63. The lowest BCUT2D eigenvalue weighted by molar-refractivity contribution is -0.143. The minimum Gasteiger partial charge on any atom is -0.454 e. The van der Waals surface area contributed by atoms with Crippen LogP contribution in [0.5, 0.6) is 0 Å². The van der Waals surface area contributed by atoms with Crippen LogP contribution in [0.3, 0.4) is 0 Å². The molecule has 0 spiro atoms. The molecule has 1 aromatic carbocycles. The topological polar surface area (TPSA) is 26.3 Å². The number of hydrogen-bond acceptors (Lipinski definition) is 2. The first-order valence-corrected chi connectivity index (χ1v) is 11.0. The van der Waals surface area contributed by atoms with Crippen molar-refractivity contribution in [2.24, 2.45) is 0 Å². The second-order valence-electron chi connectivity index (χ2n) is 5.89. The van der Waals surface area contributed by atoms with E-state index in [2.05, 4.69) is 25.2 Å². The number of cyclic esters (lactones) is 1. The van der Waals surface area contributed by atoms with Gasteiger partial charge in [-0.05, 0) is 6.04 Å². The van der Waals surface area contributed by atoms with Gasteiger partial charge in [0.25, 0.3) is 0 Å². The largest absolute Gasteiger partial charge is 0.454 e. The van der Waals surface area contributed by atoms with E-state index in [0.717, 1.165) is 11.2 Å². The van der Waals surface area contributed by atoms with E-state index in [1.165, 1.54) is 5.56 Å². The van der Waals surface area contributed by atoms with Crippen molar-refractivity contribution in [3.8, 4) is 0 Å². The summed E-state index contributed by atoms with van der Waals surface area (Å²) in [6, 6.07) is 11.2. The van der Waals surface area contributed by atoms with E-state index < -0.39 is 23.9 Å². The summed E-state index contributed by atoms with van der Waals surface area (Å²) < 4.78 is 3.55. The maximum Gasteiger partial charge on any atom is 0.330 e. The highest BCUT2D eigenvalue weighted by molar-refractivity contribution is 6.84. The quantitative estimate of drug-likeness (QED) is 0.445. The average molecular weight is 364 g/mol. The zero-order valence-electron chi connectivity index (χ0n) is 11.9. The maximum atomic E-state index is 11.8. The molecule has 114 valence electrons. The normalized spacial score (nSPS) is 20.0. The first-order valence-electron chi connectivity index (χ1n) is 6.71. The lowest BCUT2D eigenvalue weighted by Gasteiger charge is -2.34. The third-order valence-corrected chi connectivity index (χ3v) is 7.79. The van der Waals surface area contributed by atoms with Crippen molar-refractivity contribution < 1.29 is 9.53 Å². The number of rotatable bonds is 3. The Hall–Kier alpha value is -0.483. The fraction of sp³-hybridized carbons (Fsp3) is 0.400. The number of carbonyl (C=O) groups excluding carboxylic acids is 1. The van der Waals surface area contributed by atoms with Crippen molar-refractivity contribution in [1.82, 2.24) is 0 Å². The van der Waals surface area contributed by atoms with Gasteiger partial charge in [-0.3, -0.25) is 0 Å². The summed E-state index contributed by atoms with van der Waals surface area (Å²) in [7, 11) is -1.82. The third-order valence-electron chi connectivity index (χ3n) is 3.68. The summed E-state index contributed by atoms with van der Waals surface area (Å²) in [6.07, 6.45) is 1.37. The summed E-state index contributed by atoms with van der Waals surface area (Å²) in [4.78, 5) is 11.8. The van der Waals surface area contributed by atoms with Crippen LogP contribution in [0.25, 0.3) is 0 Å². The van der Waals surface area contributed by atoms with Gasteiger partial charge in [0.15, 0.2) is 6.10 Å². The summed E-state index contributed by atoms with van der Waals surface area (Å²) in [5, 5.41) is 1.08. The molecule has 1 aromatic rings. The monoisotopic (exact) mass is 362 g/mol. The molecule has 1 aliphatic rings. The molecule has 0 unspecified atom stereocenters. The van der Waals surface area contributed by atoms with Gasteiger partial charge in [0.1, 0.15) is 0 Å². The van der Waals surface area contributed by atoms with Gasteiger partial charge in [-0.2, -0.15) is 0 Å². The van der Waals surface area contributed by atoms with Gasteiger partial charge in [-0.15, -0.1) is 0 Å². The van der Waals surface area contributed by atoms with Gasteiger partial charge in [0.2, 0.25) is 3.79 Å². The van der Waals surface area contributed by atoms with Crippen LogP contribution in [0.2, 0.25) is 13.1 Å². The molecule has 0 fully saturated rings. The zero-order chi connectivity index (χ0) is 15.7. The van der Waals surface area contributed by atoms with Crippen LogP contribution in [-0.2, 0) is 15.6 Å². The molecule has 0 aromatic heterocycles. The summed E-state index contributed by atoms with van der Waals surface area (Å²) in [5.74, 6) is -0.416. The Morgan fingerprint density at radius 2 is 1.86 bits per heavy atom. The van der Waals surface area contributed by atoms with Crippen LogP contribution in [0.1, 0.15) is 12.0 Å². The minimum absolute atomic E-state index is 0.416. The lowest BCUT2D eigenvalue weighted by atomic mass is 10.2. The molecular formula is C15H17Cl3O2Si. The van der Waals surface area contributed by atoms with Crippen LogP contribution in [0.4, 0.5) is 0 Å². The fourth-order valence-electron chi connectivity index (χ4n) is 2.49. The van der Waals surface area contributed by atoms with Gasteiger partial charge >= 0.3 is 5.97 Å². The molecule has 0 aliphatic carbocycles. The summed E-state index contributed by atoms with van der Waals surface area (Å²) in [6.45, 7) is 4.44. The molecule has 0 saturated heterocycles. The number of halogens is 3. The summed E-state index contributed by atoms with van der Waals surface area (Å²) in [5.41, 5.74) is 1.26. The molecule has 0 amide bonds. The van der Waals surface area contributed by atoms with Crippen molar-refractivity contribution in [2.45, 2.75) is 35.5 Å². The van der Waals surface area contributed by atoms with E-state index in [1.54, 1.807) is 6.08 Å². The molecular weight excluding hydrogens is 347 g/mol. The Balaban J connectivity index is 2.21. The molecule has 2 rings (SSSR count). The SMILES string of the molecule is C[Si](C)(Cc1ccccc1)C1=CC(=O)O[C@H](C(Cl)(Cl)Cl)C1. The van der Waals surface area contributed by atoms with Crippen LogP contribution < -0.4 is 0 Å². The van der Waals surface area contributed by atoms with E-state index in [1.807, 2.05) is 18.2 Å². The molecule has 0 bridgehead atoms. The molecule has 1 aliphatic heterocycles. The highest BCUT2D eigenvalue weighted by atomic mass is 35.6. The van der Waals surface area contributed by atoms with E-state index >= 15 is 0 Å². The van der Waals surface area contributed by atoms with Crippen molar-refractivity contribution >= 4 is 48.8 Å². The number of alkyl halides is 3. The Labute approximate surface area is 141 Å². The number of benzene rings is 1. The minimum atomic E-state index is -1.82. The molecule has 1 atom stereocenters. The molecule has 21 heavy (non-hydrogen) atoms. The zero-order valence-corrected chi connectivity index (χ0v) is 15.2. The van der Waals surface area contributed by atoms with Crippen LogP contribution in [-0.4, -0.2) is 23.9 Å². The first kappa shape index (κ1) is 16.9. The standard InChI is InChI=1S/C15H17Cl3O2Si/c1-21(2,10-11-6-4-3-5-7-11)12-8-13(15(16,17)18)20-14(19)9-12/h3-7,9,13H,8,10H2,1-2H3/t13-/m0/s1. The van der Waals surface area contributed by atoms with Crippen LogP contribution in [0.15, 0.2) is 41.6 Å². The number of hydrogen-bond donors (Lipinski definition) is 0. The smallest absolute Gasteiger partial charge is 0.330 e. The number of carbonyl (C=O) groups is 1. The fourth-order valence-corrected chi connectivity index (χ4v) is 5.59. The first-order chi connectivity index (χ1) is 9.68. The van der Waals surface area contributed by atoms with Gasteiger partial charge in [-0.25, -0.2) is 4.79 Å². The average Bonchev–Trinajstić information content (AvgIpc) is 2.37. The molecule has 0 radical (unpaired) electrons. The highest BCUT2D eigenvalue weighted by Crippen LogP contribution is 2.39. The maximum absolute atomic E-state index is 11.8. The lowest BCUT2D eigenvalue weighted by Crippen LogP contribution is -2.42. The van der Waals surface area contributed by atoms with Crippen molar-refractivity contribution in [3.05, 3.63) is 47.2 Å². The van der Waals surface area contributed by atoms with Crippen LogP contribution in [0, 0.1) is 0 Å². The van der Waals surface area contributed by atoms with E-state index in [-0.39, 0.29) is 0 Å². The summed E-state index contributed by atoms with van der Waals surface area (Å²) >= 11 is 17.7. The third kappa shape index (κ3) is 4.49. The molecule has 2 nitrogen and oxygen atoms in total. The molecule has 1 heterocycles. The molecule has 6 heteroatoms. The van der Waals surface area contributed by atoms with Gasteiger partial charge < -0.3 is 4.74 Å². The Kier molecular flexibility index (Phi) is 5.09. The van der Waals surface area contributed by atoms with Gasteiger partial charge in [0.05, 0.1) is 8.07 Å². The second kappa shape index (κ2) is 6.33. The Morgan fingerprint density at radius 3 is 2.43 bits per heavy atom. The van der Waals surface area contributed by atoms with E-state index in [9.17, 15) is 4.79 Å². The highest BCUT2D eigenvalue weighted by Gasteiger charge is 2.41. The second-order valence-corrected chi connectivity index (χ2v) is 13.0. The number of esters is 1. The Morgan fingerprint density at radius 1 is 1.24 bits per heavy atom. The van der Waals surface area contributed by atoms with E-state index in [4.69, 9.17) is 39.5 Å². The van der Waals surface area contributed by atoms with Crippen molar-refractivity contribution in [2.75, 3.05) is 0 Å². The Bertz CT molecular complexity index is 550. The van der Waals surface area contributed by atoms with Crippen LogP contribution >= 0.6 is 34.8 Å². The van der Waals surface area contributed by atoms with Gasteiger partial charge in [0, 0.05) is 12.5 Å². The molecule has 0 N–H and O–H groups in total. The predicted molar refractivity (Wildman–Crippen MR) is 90.5 cm³/mol. The van der Waals surface area contributed by atoms with Crippen molar-refractivity contribution in [3.63, 3.8) is 0 Å². The van der Waals surface area contributed by atoms with Gasteiger partial charge in [-0.1, -0.05) is 89.0 Å². The van der Waals surface area contributed by atoms with E-state index in [0.29, 0.717) is 6.42 Å². The molecule has 0 saturated carbocycles.